The maximum absolute atomic E-state index is 15.4. The van der Waals surface area contributed by atoms with E-state index in [1.54, 1.807) is 77.7 Å². The number of rotatable bonds is 22. The van der Waals surface area contributed by atoms with E-state index in [0.29, 0.717) is 77.4 Å². The number of anilines is 1. The van der Waals surface area contributed by atoms with Crippen LogP contribution < -0.4 is 24.3 Å². The van der Waals surface area contributed by atoms with Crippen molar-refractivity contribution in [1.29, 1.82) is 5.26 Å². The van der Waals surface area contributed by atoms with Crippen molar-refractivity contribution in [3.05, 3.63) is 173 Å². The molecule has 2 amide bonds. The van der Waals surface area contributed by atoms with Crippen molar-refractivity contribution in [2.45, 2.75) is 75.8 Å². The van der Waals surface area contributed by atoms with Crippen LogP contribution in [0.4, 0.5) is 14.9 Å². The van der Waals surface area contributed by atoms with Gasteiger partial charge in [-0.2, -0.15) is 5.26 Å². The number of fused-ring (bicyclic) bond motifs is 2. The van der Waals surface area contributed by atoms with E-state index >= 15 is 4.79 Å². The number of nitrogens with one attached hydrogen (secondary N) is 1. The summed E-state index contributed by atoms with van der Waals surface area (Å²) in [5, 5.41) is 37.5. The number of allylic oxidation sites excluding steroid dienone is 1. The zero-order valence-corrected chi connectivity index (χ0v) is 41.1. The topological polar surface area (TPSA) is 181 Å². The van der Waals surface area contributed by atoms with Crippen molar-refractivity contribution in [1.82, 2.24) is 4.90 Å². The molecule has 1 saturated carbocycles. The molecule has 2 aliphatic carbocycles. The molecule has 0 spiro atoms. The van der Waals surface area contributed by atoms with Crippen molar-refractivity contribution in [2.24, 2.45) is 22.9 Å². The van der Waals surface area contributed by atoms with E-state index in [9.17, 15) is 24.7 Å². The summed E-state index contributed by atoms with van der Waals surface area (Å²) in [6, 6.07) is 33.4. The number of benzene rings is 5. The van der Waals surface area contributed by atoms with Crippen LogP contribution in [0.2, 0.25) is 0 Å². The van der Waals surface area contributed by atoms with Crippen molar-refractivity contribution >= 4 is 23.4 Å². The van der Waals surface area contributed by atoms with Crippen molar-refractivity contribution in [3.63, 3.8) is 0 Å². The highest BCUT2D eigenvalue weighted by Gasteiger charge is 2.65. The fourth-order valence-corrected chi connectivity index (χ4v) is 10.6. The number of nitriles is 1. The van der Waals surface area contributed by atoms with E-state index in [4.69, 9.17) is 33.7 Å². The first-order chi connectivity index (χ1) is 35.6. The molecule has 3 aliphatic rings. The van der Waals surface area contributed by atoms with Gasteiger partial charge in [0.1, 0.15) is 41.5 Å². The number of ether oxygens (including phenoxy) is 5. The number of hydrogen-bond acceptors (Lipinski definition) is 12. The van der Waals surface area contributed by atoms with Gasteiger partial charge in [0.25, 0.3) is 5.91 Å². The number of nitrogens with zero attached hydrogens (tertiary/aromatic N) is 3. The summed E-state index contributed by atoms with van der Waals surface area (Å²) in [5.74, 6) is -2.24. The Morgan fingerprint density at radius 3 is 2.34 bits per heavy atom. The number of methoxy groups -OCH3 is 2. The van der Waals surface area contributed by atoms with Crippen LogP contribution in [0.15, 0.2) is 145 Å². The fraction of sp³-hybridized carbons (Fsp3) is 0.345. The molecule has 73 heavy (non-hydrogen) atoms. The second-order valence-electron chi connectivity index (χ2n) is 18.4. The number of hydrogen-bond donors (Lipinski definition) is 3. The molecule has 14 nitrogen and oxygen atoms in total. The number of aliphatic hydroxyl groups excluding tert-OH is 2. The number of halogens is 1. The first kappa shape index (κ1) is 51.8. The van der Waals surface area contributed by atoms with Gasteiger partial charge in [-0.1, -0.05) is 72.6 Å². The largest absolute Gasteiger partial charge is 0.497 e. The zero-order chi connectivity index (χ0) is 51.3. The molecule has 3 N–H and O–H groups in total. The quantitative estimate of drug-likeness (QED) is 0.0341. The van der Waals surface area contributed by atoms with Crippen LogP contribution in [0.3, 0.4) is 0 Å². The molecule has 1 heterocycles. The highest BCUT2D eigenvalue weighted by atomic mass is 19.1. The summed E-state index contributed by atoms with van der Waals surface area (Å²) in [4.78, 5) is 37.1. The van der Waals surface area contributed by atoms with Gasteiger partial charge in [-0.15, -0.1) is 6.58 Å². The molecule has 6 unspecified atom stereocenters. The molecule has 15 heteroatoms. The van der Waals surface area contributed by atoms with E-state index in [1.807, 2.05) is 36.4 Å². The number of unbranched alkanes of at least 4 members (excludes halogenated alkanes) is 2. The molecule has 0 saturated heterocycles. The van der Waals surface area contributed by atoms with Crippen molar-refractivity contribution in [2.75, 3.05) is 39.4 Å². The Labute approximate surface area is 425 Å². The normalized spacial score (nSPS) is 21.0. The first-order valence-electron chi connectivity index (χ1n) is 24.6. The lowest BCUT2D eigenvalue weighted by atomic mass is 9.55. The number of carbonyl (C=O) groups excluding carboxylic acids is 2. The average molecular weight is 993 g/mol. The summed E-state index contributed by atoms with van der Waals surface area (Å²) in [6.07, 6.45) is 7.13. The van der Waals surface area contributed by atoms with Crippen LogP contribution in [0.5, 0.6) is 23.0 Å². The van der Waals surface area contributed by atoms with Gasteiger partial charge in [0, 0.05) is 49.3 Å². The Hall–Kier alpha value is -7.51. The minimum Gasteiger partial charge on any atom is -0.497 e. The molecule has 5 aromatic carbocycles. The van der Waals surface area contributed by atoms with E-state index in [0.717, 1.165) is 23.1 Å². The number of amides is 2. The van der Waals surface area contributed by atoms with Gasteiger partial charge < -0.3 is 43.6 Å². The Morgan fingerprint density at radius 2 is 1.64 bits per heavy atom. The van der Waals surface area contributed by atoms with E-state index in [-0.39, 0.29) is 57.0 Å². The monoisotopic (exact) mass is 992 g/mol. The second-order valence-corrected chi connectivity index (χ2v) is 18.4. The number of oxime groups is 1. The second kappa shape index (κ2) is 24.3. The van der Waals surface area contributed by atoms with Crippen LogP contribution in [0.1, 0.15) is 83.5 Å². The molecule has 5 aromatic rings. The predicted molar refractivity (Wildman–Crippen MR) is 273 cm³/mol. The standard InChI is InChI=1S/C58H61FN4O10/c1-4-30-70-58-53(63(36-39-18-22-43(59)23-19-39)56(66)41-20-16-38(35-60)17-21-41)34-50(62-71-37-40-12-6-5-7-13-40)47-31-42(14-8-10-28-64)46(15-9-11-29-65)54(55(47)58)48-32-45(25-27-51(48)73-58)72-57(67)61-49-26-24-44(68-2)33-52(49)69-3/h4-7,12-13,16-27,31-33,42,46,53-55,64-65H,1,8-11,14-15,28-30,34,36-37H2,2-3H3,(H,61,67). The number of aliphatic hydroxyl groups is 2. The zero-order valence-electron chi connectivity index (χ0n) is 41.1. The van der Waals surface area contributed by atoms with Crippen LogP contribution >= 0.6 is 0 Å². The summed E-state index contributed by atoms with van der Waals surface area (Å²) >= 11 is 0. The third kappa shape index (κ3) is 11.7. The lowest BCUT2D eigenvalue weighted by molar-refractivity contribution is -0.255. The predicted octanol–water partition coefficient (Wildman–Crippen LogP) is 10.5. The third-order valence-electron chi connectivity index (χ3n) is 13.9. The number of carbonyl (C=O) groups is 2. The Morgan fingerprint density at radius 1 is 0.904 bits per heavy atom. The highest BCUT2D eigenvalue weighted by Crippen LogP contribution is 2.62. The average Bonchev–Trinajstić information content (AvgIpc) is 3.41. The fourth-order valence-electron chi connectivity index (χ4n) is 10.6. The molecule has 0 radical (unpaired) electrons. The van der Waals surface area contributed by atoms with E-state index in [2.05, 4.69) is 24.0 Å². The Bertz CT molecular complexity index is 2820. The SMILES string of the molecule is C=CCOC12Oc3ccc(OC(=O)Nc4ccc(OC)cc4OC)cc3C3C(CCCCO)C(CCCCO)C=C(C(=NOCc4ccccc4)CC1N(Cc1ccc(F)cc1)C(=O)c1ccc(C#N)cc1)C32. The van der Waals surface area contributed by atoms with Crippen molar-refractivity contribution < 1.29 is 52.7 Å². The summed E-state index contributed by atoms with van der Waals surface area (Å²) in [7, 11) is 3.02. The van der Waals surface area contributed by atoms with E-state index in [1.165, 1.54) is 26.4 Å². The van der Waals surface area contributed by atoms with Gasteiger partial charge in [-0.05, 0) is 121 Å². The van der Waals surface area contributed by atoms with Crippen LogP contribution in [0, 0.1) is 34.9 Å². The van der Waals surface area contributed by atoms with Crippen LogP contribution in [-0.2, 0) is 22.7 Å². The minimum absolute atomic E-state index is 0.00162. The minimum atomic E-state index is -1.64. The van der Waals surface area contributed by atoms with Gasteiger partial charge >= 0.3 is 6.09 Å². The Kier molecular flexibility index (Phi) is 17.2. The lowest BCUT2D eigenvalue weighted by Gasteiger charge is -2.60. The first-order valence-corrected chi connectivity index (χ1v) is 24.6. The van der Waals surface area contributed by atoms with Crippen LogP contribution in [-0.4, -0.2) is 78.7 Å². The molecule has 380 valence electrons. The maximum Gasteiger partial charge on any atom is 0.417 e. The molecular weight excluding hydrogens is 932 g/mol. The molecule has 0 aromatic heterocycles. The van der Waals surface area contributed by atoms with Gasteiger partial charge in [-0.3, -0.25) is 10.1 Å². The molecule has 8 rings (SSSR count). The van der Waals surface area contributed by atoms with Gasteiger partial charge in [-0.25, -0.2) is 9.18 Å². The smallest absolute Gasteiger partial charge is 0.417 e. The summed E-state index contributed by atoms with van der Waals surface area (Å²) in [5.41, 5.74) is 4.69. The summed E-state index contributed by atoms with van der Waals surface area (Å²) < 4.78 is 46.0. The molecule has 1 aliphatic heterocycles. The molecule has 6 atom stereocenters. The van der Waals surface area contributed by atoms with Gasteiger partial charge in [0.2, 0.25) is 5.79 Å². The molecular formula is C58H61FN4O10. The molecule has 1 fully saturated rings. The van der Waals surface area contributed by atoms with Crippen molar-refractivity contribution in [3.8, 4) is 29.1 Å². The molecule has 0 bridgehead atoms. The maximum atomic E-state index is 15.4. The lowest BCUT2D eigenvalue weighted by Crippen LogP contribution is -2.70. The Balaban J connectivity index is 1.33. The van der Waals surface area contributed by atoms with Crippen LogP contribution in [0.25, 0.3) is 0 Å². The van der Waals surface area contributed by atoms with E-state index < -0.39 is 41.5 Å². The third-order valence-corrected chi connectivity index (χ3v) is 13.9. The highest BCUT2D eigenvalue weighted by molar-refractivity contribution is 6.03. The van der Waals surface area contributed by atoms with Gasteiger partial charge in [0.05, 0.1) is 49.8 Å². The summed E-state index contributed by atoms with van der Waals surface area (Å²) in [6.45, 7) is 4.24. The van der Waals surface area contributed by atoms with Gasteiger partial charge in [0.15, 0.2) is 0 Å².